The lowest BCUT2D eigenvalue weighted by molar-refractivity contribution is -0.129. The Kier molecular flexibility index (Phi) is 2.04. The average molecular weight is 216 g/mol. The molecule has 1 aromatic rings. The molecule has 1 heterocycles. The number of nitrogens with two attached hydrogens (primary N) is 1. The Labute approximate surface area is 95.0 Å². The molecule has 3 rings (SSSR count). The second-order valence-corrected chi connectivity index (χ2v) is 5.00. The van der Waals surface area contributed by atoms with E-state index in [0.29, 0.717) is 5.92 Å². The van der Waals surface area contributed by atoms with Gasteiger partial charge in [0.25, 0.3) is 0 Å². The third kappa shape index (κ3) is 1.21. The maximum absolute atomic E-state index is 11.7. The van der Waals surface area contributed by atoms with E-state index in [9.17, 15) is 4.79 Å². The molecule has 1 aliphatic heterocycles. The molecule has 2 aliphatic rings. The van der Waals surface area contributed by atoms with Crippen molar-refractivity contribution in [2.45, 2.75) is 12.8 Å². The van der Waals surface area contributed by atoms with Crippen molar-refractivity contribution in [2.24, 2.45) is 17.1 Å². The number of amides is 1. The van der Waals surface area contributed by atoms with E-state index >= 15 is 0 Å². The molecule has 0 radical (unpaired) electrons. The van der Waals surface area contributed by atoms with Gasteiger partial charge >= 0.3 is 0 Å². The van der Waals surface area contributed by atoms with Crippen LogP contribution in [-0.4, -0.2) is 19.0 Å². The van der Waals surface area contributed by atoms with E-state index in [-0.39, 0.29) is 11.3 Å². The number of rotatable bonds is 1. The van der Waals surface area contributed by atoms with Crippen molar-refractivity contribution in [3.8, 4) is 0 Å². The predicted molar refractivity (Wildman–Crippen MR) is 61.8 cm³/mol. The molecular weight excluding hydrogens is 200 g/mol. The number of nitrogens with one attached hydrogen (secondary N) is 1. The fourth-order valence-electron chi connectivity index (χ4n) is 3.19. The van der Waals surface area contributed by atoms with Crippen molar-refractivity contribution in [3.05, 3.63) is 35.4 Å². The minimum atomic E-state index is -0.339. The summed E-state index contributed by atoms with van der Waals surface area (Å²) in [4.78, 5) is 11.7. The number of carbonyl (C=O) groups excluding carboxylic acids is 1. The van der Waals surface area contributed by atoms with Crippen LogP contribution in [0.4, 0.5) is 0 Å². The molecule has 0 spiro atoms. The van der Waals surface area contributed by atoms with Gasteiger partial charge in [-0.15, -0.1) is 0 Å². The molecule has 0 bridgehead atoms. The van der Waals surface area contributed by atoms with Crippen LogP contribution in [0.15, 0.2) is 24.3 Å². The van der Waals surface area contributed by atoms with Crippen LogP contribution in [0.25, 0.3) is 0 Å². The highest BCUT2D eigenvalue weighted by Crippen LogP contribution is 2.42. The fourth-order valence-corrected chi connectivity index (χ4v) is 3.19. The number of hydrogen-bond acceptors (Lipinski definition) is 2. The predicted octanol–water partition coefficient (Wildman–Crippen LogP) is 0.476. The third-order valence-corrected chi connectivity index (χ3v) is 4.19. The summed E-state index contributed by atoms with van der Waals surface area (Å²) in [5, 5.41) is 3.32. The van der Waals surface area contributed by atoms with E-state index in [1.54, 1.807) is 0 Å². The molecule has 1 fully saturated rings. The van der Waals surface area contributed by atoms with Gasteiger partial charge in [-0.1, -0.05) is 24.3 Å². The number of primary amides is 1. The van der Waals surface area contributed by atoms with Crippen LogP contribution in [0.1, 0.15) is 11.1 Å². The highest BCUT2D eigenvalue weighted by Gasteiger charge is 2.50. The first kappa shape index (κ1) is 9.85. The lowest BCUT2D eigenvalue weighted by Crippen LogP contribution is -2.48. The first-order chi connectivity index (χ1) is 7.72. The van der Waals surface area contributed by atoms with Crippen molar-refractivity contribution in [2.75, 3.05) is 13.1 Å². The molecule has 1 aliphatic carbocycles. The summed E-state index contributed by atoms with van der Waals surface area (Å²) in [5.74, 6) is 0.233. The lowest BCUT2D eigenvalue weighted by atomic mass is 9.66. The van der Waals surface area contributed by atoms with Crippen LogP contribution in [0.2, 0.25) is 0 Å². The molecule has 84 valence electrons. The van der Waals surface area contributed by atoms with Crippen molar-refractivity contribution < 1.29 is 4.79 Å². The molecular formula is C13H16N2O. The molecule has 16 heavy (non-hydrogen) atoms. The number of carbonyl (C=O) groups is 1. The Morgan fingerprint density at radius 1 is 1.38 bits per heavy atom. The minimum absolute atomic E-state index is 0.142. The zero-order valence-electron chi connectivity index (χ0n) is 9.20. The van der Waals surface area contributed by atoms with E-state index in [4.69, 9.17) is 5.73 Å². The van der Waals surface area contributed by atoms with Crippen molar-refractivity contribution in [1.29, 1.82) is 0 Å². The van der Waals surface area contributed by atoms with Crippen molar-refractivity contribution in [1.82, 2.24) is 5.32 Å². The van der Waals surface area contributed by atoms with Gasteiger partial charge in [0.15, 0.2) is 0 Å². The van der Waals surface area contributed by atoms with Gasteiger partial charge in [-0.3, -0.25) is 4.79 Å². The normalized spacial score (nSPS) is 31.9. The molecule has 1 saturated heterocycles. The third-order valence-electron chi connectivity index (χ3n) is 4.19. The van der Waals surface area contributed by atoms with Crippen LogP contribution in [0, 0.1) is 11.3 Å². The maximum Gasteiger partial charge on any atom is 0.225 e. The highest BCUT2D eigenvalue weighted by molar-refractivity contribution is 5.83. The van der Waals surface area contributed by atoms with Gasteiger partial charge < -0.3 is 11.1 Å². The van der Waals surface area contributed by atoms with Gasteiger partial charge in [0.1, 0.15) is 0 Å². The minimum Gasteiger partial charge on any atom is -0.369 e. The Hall–Kier alpha value is -1.35. The van der Waals surface area contributed by atoms with E-state index in [2.05, 4.69) is 23.5 Å². The van der Waals surface area contributed by atoms with Crippen LogP contribution in [0.3, 0.4) is 0 Å². The van der Waals surface area contributed by atoms with Gasteiger partial charge in [-0.05, 0) is 36.4 Å². The van der Waals surface area contributed by atoms with E-state index in [1.165, 1.54) is 11.1 Å². The highest BCUT2D eigenvalue weighted by atomic mass is 16.1. The summed E-state index contributed by atoms with van der Waals surface area (Å²) in [6.07, 6.45) is 1.78. The largest absolute Gasteiger partial charge is 0.369 e. The molecule has 3 heteroatoms. The second-order valence-electron chi connectivity index (χ2n) is 5.00. The van der Waals surface area contributed by atoms with E-state index in [0.717, 1.165) is 25.9 Å². The first-order valence-corrected chi connectivity index (χ1v) is 5.80. The van der Waals surface area contributed by atoms with Gasteiger partial charge in [0, 0.05) is 6.54 Å². The van der Waals surface area contributed by atoms with Crippen LogP contribution >= 0.6 is 0 Å². The topological polar surface area (TPSA) is 55.1 Å². The first-order valence-electron chi connectivity index (χ1n) is 5.80. The molecule has 0 aromatic heterocycles. The Morgan fingerprint density at radius 3 is 2.88 bits per heavy atom. The quantitative estimate of drug-likeness (QED) is 0.717. The van der Waals surface area contributed by atoms with Gasteiger partial charge in [0.05, 0.1) is 5.41 Å². The average Bonchev–Trinajstić information content (AvgIpc) is 2.69. The molecule has 1 aromatic carbocycles. The number of fused-ring (bicyclic) bond motifs is 2. The second kappa shape index (κ2) is 3.32. The van der Waals surface area contributed by atoms with E-state index in [1.807, 2.05) is 6.07 Å². The maximum atomic E-state index is 11.7. The molecule has 3 N–H and O–H groups in total. The van der Waals surface area contributed by atoms with E-state index < -0.39 is 0 Å². The summed E-state index contributed by atoms with van der Waals surface area (Å²) in [6, 6.07) is 8.39. The smallest absolute Gasteiger partial charge is 0.225 e. The summed E-state index contributed by atoms with van der Waals surface area (Å²) < 4.78 is 0. The zero-order valence-corrected chi connectivity index (χ0v) is 9.20. The number of benzene rings is 1. The summed E-state index contributed by atoms with van der Waals surface area (Å²) in [6.45, 7) is 1.65. The summed E-state index contributed by atoms with van der Waals surface area (Å²) in [5.41, 5.74) is 7.96. The molecule has 1 amide bonds. The zero-order chi connectivity index (χ0) is 11.2. The standard InChI is InChI=1S/C13H16N2O/c14-12(16)13-6-10-4-2-1-3-9(10)5-11(13)7-15-8-13/h1-4,11,15H,5-8H2,(H2,14,16). The fraction of sp³-hybridized carbons (Fsp3) is 0.462. The monoisotopic (exact) mass is 216 g/mol. The number of hydrogen-bond donors (Lipinski definition) is 2. The Bertz CT molecular complexity index is 443. The molecule has 2 atom stereocenters. The molecule has 2 unspecified atom stereocenters. The summed E-state index contributed by atoms with van der Waals surface area (Å²) >= 11 is 0. The Balaban J connectivity index is 2.06. The van der Waals surface area contributed by atoms with Crippen LogP contribution < -0.4 is 11.1 Å². The van der Waals surface area contributed by atoms with Gasteiger partial charge in [-0.25, -0.2) is 0 Å². The van der Waals surface area contributed by atoms with Crippen molar-refractivity contribution in [3.63, 3.8) is 0 Å². The Morgan fingerprint density at radius 2 is 2.12 bits per heavy atom. The van der Waals surface area contributed by atoms with Crippen LogP contribution in [0.5, 0.6) is 0 Å². The molecule has 3 nitrogen and oxygen atoms in total. The van der Waals surface area contributed by atoms with Crippen LogP contribution in [-0.2, 0) is 17.6 Å². The van der Waals surface area contributed by atoms with Gasteiger partial charge in [-0.2, -0.15) is 0 Å². The van der Waals surface area contributed by atoms with Crippen molar-refractivity contribution >= 4 is 5.91 Å². The SMILES string of the molecule is NC(=O)C12CNCC1Cc1ccccc1C2. The molecule has 0 saturated carbocycles. The lowest BCUT2D eigenvalue weighted by Gasteiger charge is -2.36. The van der Waals surface area contributed by atoms with Gasteiger partial charge in [0.2, 0.25) is 5.91 Å². The summed E-state index contributed by atoms with van der Waals surface area (Å²) in [7, 11) is 0.